The lowest BCUT2D eigenvalue weighted by atomic mass is 9.78. The summed E-state index contributed by atoms with van der Waals surface area (Å²) in [5.41, 5.74) is 11.2. The van der Waals surface area contributed by atoms with Gasteiger partial charge in [-0.05, 0) is 73.6 Å². The predicted octanol–water partition coefficient (Wildman–Crippen LogP) is 14.5. The number of fused-ring (bicyclic) bond motifs is 6. The Balaban J connectivity index is 1.29. The Labute approximate surface area is 345 Å². The van der Waals surface area contributed by atoms with Crippen molar-refractivity contribution in [3.05, 3.63) is 124 Å². The van der Waals surface area contributed by atoms with Crippen LogP contribution in [0.2, 0.25) is 0 Å². The standard InChI is InChI=1S/C51H62O4P2/c1-47(2,3)33-27-37-35-22-16-18-25-42(35)56(54-45(37)40(29-33)50(10,11)12)52-31-32-21-20-24-39(49(7,8)9)44(32)53-57-43-26-19-17-23-36(43)38-28-34(48(4,5)6)30-41(46(38)55-57)51(13,14)15/h16-30H,31H2,1-15H3. The smallest absolute Gasteiger partial charge is 0.326 e. The summed E-state index contributed by atoms with van der Waals surface area (Å²) >= 11 is 0. The lowest BCUT2D eigenvalue weighted by molar-refractivity contribution is 0.304. The first kappa shape index (κ1) is 41.5. The molecule has 0 N–H and O–H groups in total. The number of benzene rings is 5. The van der Waals surface area contributed by atoms with Crippen LogP contribution in [0, 0.1) is 0 Å². The molecule has 0 spiro atoms. The highest BCUT2D eigenvalue weighted by Gasteiger charge is 2.38. The molecule has 5 aromatic carbocycles. The minimum atomic E-state index is -1.55. The van der Waals surface area contributed by atoms with Gasteiger partial charge in [0.25, 0.3) is 8.38 Å². The third-order valence-electron chi connectivity index (χ3n) is 11.1. The summed E-state index contributed by atoms with van der Waals surface area (Å²) in [6.07, 6.45) is 0. The quantitative estimate of drug-likeness (QED) is 0.166. The van der Waals surface area contributed by atoms with E-state index in [0.717, 1.165) is 50.1 Å². The molecule has 0 fully saturated rings. The molecular formula is C51H62O4P2. The van der Waals surface area contributed by atoms with Gasteiger partial charge in [0, 0.05) is 33.4 Å². The lowest BCUT2D eigenvalue weighted by Crippen LogP contribution is -2.24. The SMILES string of the molecule is CC(C)(C)c1cc2c(c(C(C)(C)C)c1)OP(OCc1cccc(C(C)(C)C)c1OP1Oc3c(cc(C(C)(C)C)cc3C(C)(C)C)-c3ccccc31)c1ccccc1-2. The van der Waals surface area contributed by atoms with E-state index in [1.54, 1.807) is 0 Å². The maximum absolute atomic E-state index is 7.30. The van der Waals surface area contributed by atoms with Gasteiger partial charge in [-0.1, -0.05) is 171 Å². The van der Waals surface area contributed by atoms with E-state index in [1.807, 2.05) is 0 Å². The molecule has 2 aliphatic heterocycles. The van der Waals surface area contributed by atoms with Crippen LogP contribution in [0.3, 0.4) is 0 Å². The molecule has 0 bridgehead atoms. The van der Waals surface area contributed by atoms with Crippen LogP contribution in [-0.2, 0) is 38.2 Å². The van der Waals surface area contributed by atoms with Gasteiger partial charge >= 0.3 is 8.38 Å². The van der Waals surface area contributed by atoms with Crippen LogP contribution in [-0.4, -0.2) is 0 Å². The molecule has 0 aromatic heterocycles. The fraction of sp³-hybridized carbons (Fsp3) is 0.412. The summed E-state index contributed by atoms with van der Waals surface area (Å²) in [4.78, 5) is 0. The Morgan fingerprint density at radius 1 is 0.439 bits per heavy atom. The lowest BCUT2D eigenvalue weighted by Gasteiger charge is -2.35. The largest absolute Gasteiger partial charge is 0.443 e. The van der Waals surface area contributed by atoms with Crippen molar-refractivity contribution in [2.24, 2.45) is 0 Å². The van der Waals surface area contributed by atoms with Crippen LogP contribution < -0.4 is 24.2 Å². The van der Waals surface area contributed by atoms with Crippen LogP contribution in [0.15, 0.2) is 91.0 Å². The first-order chi connectivity index (χ1) is 26.4. The molecule has 0 amide bonds. The summed E-state index contributed by atoms with van der Waals surface area (Å²) in [6, 6.07) is 33.0. The zero-order valence-electron chi connectivity index (χ0n) is 36.9. The Morgan fingerprint density at radius 2 is 0.877 bits per heavy atom. The third-order valence-corrected chi connectivity index (χ3v) is 14.0. The Hall–Kier alpha value is -3.68. The molecule has 2 heterocycles. The van der Waals surface area contributed by atoms with Crippen LogP contribution in [0.4, 0.5) is 0 Å². The fourth-order valence-electron chi connectivity index (χ4n) is 7.59. The van der Waals surface area contributed by atoms with Crippen molar-refractivity contribution in [3.63, 3.8) is 0 Å². The van der Waals surface area contributed by atoms with E-state index in [9.17, 15) is 0 Å². The van der Waals surface area contributed by atoms with E-state index in [4.69, 9.17) is 18.1 Å². The highest BCUT2D eigenvalue weighted by molar-refractivity contribution is 7.57. The highest BCUT2D eigenvalue weighted by atomic mass is 31.2. The van der Waals surface area contributed by atoms with Crippen LogP contribution in [0.25, 0.3) is 22.3 Å². The van der Waals surface area contributed by atoms with Crippen molar-refractivity contribution in [3.8, 4) is 39.5 Å². The molecule has 5 aromatic rings. The molecule has 6 heteroatoms. The van der Waals surface area contributed by atoms with E-state index in [0.29, 0.717) is 6.61 Å². The van der Waals surface area contributed by atoms with E-state index in [1.165, 1.54) is 33.4 Å². The molecule has 2 atom stereocenters. The monoisotopic (exact) mass is 800 g/mol. The molecule has 0 saturated carbocycles. The third kappa shape index (κ3) is 8.17. The van der Waals surface area contributed by atoms with Crippen molar-refractivity contribution in [1.82, 2.24) is 0 Å². The first-order valence-electron chi connectivity index (χ1n) is 20.4. The molecule has 300 valence electrons. The summed E-state index contributed by atoms with van der Waals surface area (Å²) in [6.45, 7) is 34.3. The first-order valence-corrected chi connectivity index (χ1v) is 22.7. The van der Waals surface area contributed by atoms with Gasteiger partial charge in [-0.3, -0.25) is 0 Å². The van der Waals surface area contributed by atoms with Crippen LogP contribution in [0.5, 0.6) is 17.2 Å². The summed E-state index contributed by atoms with van der Waals surface area (Å²) in [5.74, 6) is 2.67. The zero-order valence-corrected chi connectivity index (χ0v) is 38.7. The van der Waals surface area contributed by atoms with Crippen molar-refractivity contribution >= 4 is 27.4 Å². The number of hydrogen-bond donors (Lipinski definition) is 0. The van der Waals surface area contributed by atoms with Gasteiger partial charge in [0.05, 0.1) is 17.2 Å². The van der Waals surface area contributed by atoms with E-state index in [2.05, 4.69) is 195 Å². The van der Waals surface area contributed by atoms with Gasteiger partial charge in [0.1, 0.15) is 17.2 Å². The average molecular weight is 801 g/mol. The topological polar surface area (TPSA) is 36.9 Å². The number of rotatable bonds is 5. The van der Waals surface area contributed by atoms with E-state index >= 15 is 0 Å². The fourth-order valence-corrected chi connectivity index (χ4v) is 10.7. The van der Waals surface area contributed by atoms with Crippen molar-refractivity contribution in [2.45, 2.75) is 138 Å². The van der Waals surface area contributed by atoms with Gasteiger partial charge in [0.15, 0.2) is 0 Å². The molecule has 0 radical (unpaired) electrons. The normalized spacial score (nSPS) is 16.8. The van der Waals surface area contributed by atoms with Crippen molar-refractivity contribution in [1.29, 1.82) is 0 Å². The second kappa shape index (κ2) is 14.5. The Kier molecular flexibility index (Phi) is 10.6. The van der Waals surface area contributed by atoms with Crippen LogP contribution >= 0.6 is 16.8 Å². The van der Waals surface area contributed by atoms with Gasteiger partial charge in [-0.15, -0.1) is 0 Å². The number of para-hydroxylation sites is 1. The molecule has 57 heavy (non-hydrogen) atoms. The van der Waals surface area contributed by atoms with E-state index < -0.39 is 16.8 Å². The average Bonchev–Trinajstić information content (AvgIpc) is 3.11. The molecule has 0 aliphatic carbocycles. The molecule has 4 nitrogen and oxygen atoms in total. The summed E-state index contributed by atoms with van der Waals surface area (Å²) < 4.78 is 28.5. The molecular weight excluding hydrogens is 739 g/mol. The molecule has 2 aliphatic rings. The molecule has 2 unspecified atom stereocenters. The summed E-state index contributed by atoms with van der Waals surface area (Å²) in [7, 11) is -3.00. The second-order valence-corrected chi connectivity index (χ2v) is 23.7. The van der Waals surface area contributed by atoms with Gasteiger partial charge in [-0.2, -0.15) is 0 Å². The predicted molar refractivity (Wildman–Crippen MR) is 243 cm³/mol. The Bertz CT molecular complexity index is 2320. The van der Waals surface area contributed by atoms with E-state index in [-0.39, 0.29) is 27.1 Å². The van der Waals surface area contributed by atoms with Crippen molar-refractivity contribution < 1.29 is 18.1 Å². The molecule has 0 saturated heterocycles. The Morgan fingerprint density at radius 3 is 1.33 bits per heavy atom. The van der Waals surface area contributed by atoms with Crippen LogP contribution in [0.1, 0.15) is 137 Å². The maximum atomic E-state index is 7.30. The van der Waals surface area contributed by atoms with Gasteiger partial charge in [0.2, 0.25) is 0 Å². The number of hydrogen-bond acceptors (Lipinski definition) is 4. The van der Waals surface area contributed by atoms with Gasteiger partial charge in [-0.25, -0.2) is 0 Å². The second-order valence-electron chi connectivity index (χ2n) is 20.9. The highest BCUT2D eigenvalue weighted by Crippen LogP contribution is 2.57. The zero-order chi connectivity index (χ0) is 41.5. The van der Waals surface area contributed by atoms with Gasteiger partial charge < -0.3 is 18.1 Å². The van der Waals surface area contributed by atoms with Crippen molar-refractivity contribution in [2.75, 3.05) is 0 Å². The summed E-state index contributed by atoms with van der Waals surface area (Å²) in [5, 5.41) is 2.17. The minimum Gasteiger partial charge on any atom is -0.443 e. The maximum Gasteiger partial charge on any atom is 0.326 e. The molecule has 7 rings (SSSR count). The minimum absolute atomic E-state index is 0.00695.